The van der Waals surface area contributed by atoms with Crippen molar-refractivity contribution in [3.8, 4) is 0 Å². The lowest BCUT2D eigenvalue weighted by Crippen LogP contribution is -2.28. The van der Waals surface area contributed by atoms with E-state index >= 15 is 0 Å². The van der Waals surface area contributed by atoms with Crippen LogP contribution in [0, 0.1) is 0 Å². The van der Waals surface area contributed by atoms with E-state index in [1.165, 1.54) is 11.8 Å². The molecule has 0 saturated carbocycles. The number of ether oxygens (including phenoxy) is 4. The van der Waals surface area contributed by atoms with Gasteiger partial charge in [0.1, 0.15) is 0 Å². The van der Waals surface area contributed by atoms with E-state index in [2.05, 4.69) is 5.32 Å². The van der Waals surface area contributed by atoms with Gasteiger partial charge in [0.2, 0.25) is 0 Å². The van der Waals surface area contributed by atoms with Crippen molar-refractivity contribution < 1.29 is 28.8 Å². The highest BCUT2D eigenvalue weighted by molar-refractivity contribution is 7.99. The fourth-order valence-electron chi connectivity index (χ4n) is 2.46. The summed E-state index contributed by atoms with van der Waals surface area (Å²) in [6.07, 6.45) is 1.06. The number of amides is 1. The first-order valence-electron chi connectivity index (χ1n) is 10.4. The number of thioether (sulfide) groups is 1. The van der Waals surface area contributed by atoms with Gasteiger partial charge in [-0.2, -0.15) is 0 Å². The second kappa shape index (κ2) is 18.6. The second-order valence-electron chi connectivity index (χ2n) is 6.62. The Morgan fingerprint density at radius 3 is 2.48 bits per heavy atom. The Hall–Kier alpha value is -0.910. The predicted molar refractivity (Wildman–Crippen MR) is 123 cm³/mol. The molecule has 8 nitrogen and oxygen atoms in total. The topological polar surface area (TPSA) is 112 Å². The maximum atomic E-state index is 12.4. The van der Waals surface area contributed by atoms with Crippen molar-refractivity contribution in [2.75, 3.05) is 72.2 Å². The van der Waals surface area contributed by atoms with Gasteiger partial charge in [0, 0.05) is 37.5 Å². The van der Waals surface area contributed by atoms with E-state index < -0.39 is 6.10 Å². The summed E-state index contributed by atoms with van der Waals surface area (Å²) in [7, 11) is 1.64. The van der Waals surface area contributed by atoms with Gasteiger partial charge in [-0.3, -0.25) is 4.79 Å². The number of benzene rings is 1. The van der Waals surface area contributed by atoms with Gasteiger partial charge in [-0.05, 0) is 31.0 Å². The molecule has 178 valence electrons. The molecule has 0 aliphatic heterocycles. The maximum Gasteiger partial charge on any atom is 0.252 e. The van der Waals surface area contributed by atoms with E-state index in [1.807, 2.05) is 6.07 Å². The van der Waals surface area contributed by atoms with Crippen molar-refractivity contribution in [1.82, 2.24) is 5.32 Å². The standard InChI is InChI=1S/C21H35ClN2O6S/c1-27-8-2-3-17(25)16-31-18-4-5-20(22)19(15-18)21(26)24-7-10-29-12-14-30-13-11-28-9-6-23/h4-5,15,17,25H,2-3,6-14,16,23H2,1H3,(H,24,26). The van der Waals surface area contributed by atoms with Crippen LogP contribution in [-0.2, 0) is 18.9 Å². The van der Waals surface area contributed by atoms with Gasteiger partial charge in [0.25, 0.3) is 5.91 Å². The molecule has 0 bridgehead atoms. The third-order valence-corrected chi connectivity index (χ3v) is 5.52. The smallest absolute Gasteiger partial charge is 0.252 e. The van der Waals surface area contributed by atoms with Crippen LogP contribution in [0.2, 0.25) is 5.02 Å². The Bertz CT molecular complexity index is 611. The number of methoxy groups -OCH3 is 1. The molecule has 1 aromatic carbocycles. The molecule has 0 aliphatic rings. The normalized spacial score (nSPS) is 12.1. The van der Waals surface area contributed by atoms with Crippen molar-refractivity contribution in [2.24, 2.45) is 5.73 Å². The SMILES string of the molecule is COCCCC(O)CSc1ccc(Cl)c(C(=O)NCCOCCOCCOCCN)c1. The summed E-state index contributed by atoms with van der Waals surface area (Å²) in [5, 5.41) is 13.2. The molecule has 1 amide bonds. The lowest BCUT2D eigenvalue weighted by molar-refractivity contribution is 0.0166. The zero-order chi connectivity index (χ0) is 22.7. The van der Waals surface area contributed by atoms with Crippen LogP contribution in [0.1, 0.15) is 23.2 Å². The molecule has 0 radical (unpaired) electrons. The Morgan fingerprint density at radius 2 is 1.81 bits per heavy atom. The minimum atomic E-state index is -0.423. The molecule has 10 heteroatoms. The number of aliphatic hydroxyl groups excluding tert-OH is 1. The van der Waals surface area contributed by atoms with Crippen LogP contribution >= 0.6 is 23.4 Å². The molecule has 4 N–H and O–H groups in total. The number of carbonyl (C=O) groups excluding carboxylic acids is 1. The van der Waals surface area contributed by atoms with E-state index in [1.54, 1.807) is 19.2 Å². The third-order valence-electron chi connectivity index (χ3n) is 4.05. The first kappa shape index (κ1) is 28.1. The molecule has 0 aliphatic carbocycles. The lowest BCUT2D eigenvalue weighted by atomic mass is 10.2. The Kier molecular flexibility index (Phi) is 16.9. The molecule has 0 aromatic heterocycles. The highest BCUT2D eigenvalue weighted by Crippen LogP contribution is 2.25. The van der Waals surface area contributed by atoms with Crippen LogP contribution in [-0.4, -0.2) is 89.3 Å². The average molecular weight is 479 g/mol. The molecular formula is C21H35ClN2O6S. The molecule has 0 heterocycles. The maximum absolute atomic E-state index is 12.4. The quantitative estimate of drug-likeness (QED) is 0.204. The van der Waals surface area contributed by atoms with Crippen LogP contribution in [0.25, 0.3) is 0 Å². The monoisotopic (exact) mass is 478 g/mol. The van der Waals surface area contributed by atoms with Gasteiger partial charge in [-0.25, -0.2) is 0 Å². The highest BCUT2D eigenvalue weighted by atomic mass is 35.5. The van der Waals surface area contributed by atoms with Crippen molar-refractivity contribution in [3.05, 3.63) is 28.8 Å². The van der Waals surface area contributed by atoms with Gasteiger partial charge in [-0.1, -0.05) is 11.6 Å². The van der Waals surface area contributed by atoms with E-state index in [0.29, 0.717) is 82.1 Å². The van der Waals surface area contributed by atoms with Gasteiger partial charge in [0.15, 0.2) is 0 Å². The molecule has 1 rings (SSSR count). The molecular weight excluding hydrogens is 444 g/mol. The zero-order valence-corrected chi connectivity index (χ0v) is 19.7. The second-order valence-corrected chi connectivity index (χ2v) is 8.12. The van der Waals surface area contributed by atoms with Crippen molar-refractivity contribution in [2.45, 2.75) is 23.8 Å². The fourth-order valence-corrected chi connectivity index (χ4v) is 3.58. The summed E-state index contributed by atoms with van der Waals surface area (Å²) in [5.74, 6) is 0.284. The van der Waals surface area contributed by atoms with Gasteiger partial charge in [-0.15, -0.1) is 11.8 Å². The number of carbonyl (C=O) groups is 1. The predicted octanol–water partition coefficient (Wildman–Crippen LogP) is 1.96. The molecule has 1 atom stereocenters. The largest absolute Gasteiger partial charge is 0.392 e. The van der Waals surface area contributed by atoms with Crippen LogP contribution < -0.4 is 11.1 Å². The summed E-state index contributed by atoms with van der Waals surface area (Å²) >= 11 is 7.67. The molecule has 0 fully saturated rings. The number of nitrogens with one attached hydrogen (secondary N) is 1. The molecule has 0 saturated heterocycles. The fraction of sp³-hybridized carbons (Fsp3) is 0.667. The Morgan fingerprint density at radius 1 is 1.13 bits per heavy atom. The highest BCUT2D eigenvalue weighted by Gasteiger charge is 2.12. The van der Waals surface area contributed by atoms with Gasteiger partial charge < -0.3 is 35.1 Å². The van der Waals surface area contributed by atoms with Crippen LogP contribution in [0.5, 0.6) is 0 Å². The molecule has 31 heavy (non-hydrogen) atoms. The molecule has 1 aromatic rings. The number of rotatable bonds is 19. The Labute approximate surface area is 194 Å². The first-order valence-corrected chi connectivity index (χ1v) is 11.8. The first-order chi connectivity index (χ1) is 15.1. The number of halogens is 1. The van der Waals surface area contributed by atoms with Crippen LogP contribution in [0.3, 0.4) is 0 Å². The summed E-state index contributed by atoms with van der Waals surface area (Å²) in [6.45, 7) is 4.31. The molecule has 0 spiro atoms. The van der Waals surface area contributed by atoms with E-state index in [9.17, 15) is 9.90 Å². The van der Waals surface area contributed by atoms with Crippen molar-refractivity contribution in [3.63, 3.8) is 0 Å². The van der Waals surface area contributed by atoms with Crippen molar-refractivity contribution >= 4 is 29.3 Å². The zero-order valence-electron chi connectivity index (χ0n) is 18.1. The summed E-state index contributed by atoms with van der Waals surface area (Å²) in [6, 6.07) is 5.28. The number of hydrogen-bond donors (Lipinski definition) is 3. The molecule has 1 unspecified atom stereocenters. The van der Waals surface area contributed by atoms with Gasteiger partial charge in [0.05, 0.1) is 56.3 Å². The number of hydrogen-bond acceptors (Lipinski definition) is 8. The summed E-state index contributed by atoms with van der Waals surface area (Å²) < 4.78 is 21.0. The van der Waals surface area contributed by atoms with Crippen LogP contribution in [0.4, 0.5) is 0 Å². The number of aliphatic hydroxyl groups is 1. The van der Waals surface area contributed by atoms with Crippen molar-refractivity contribution in [1.29, 1.82) is 0 Å². The van der Waals surface area contributed by atoms with Gasteiger partial charge >= 0.3 is 0 Å². The van der Waals surface area contributed by atoms with E-state index in [4.69, 9.17) is 36.3 Å². The number of nitrogens with two attached hydrogens (primary N) is 1. The summed E-state index contributed by atoms with van der Waals surface area (Å²) in [4.78, 5) is 13.3. The van der Waals surface area contributed by atoms with Crippen LogP contribution in [0.15, 0.2) is 23.1 Å². The van der Waals surface area contributed by atoms with E-state index in [-0.39, 0.29) is 5.91 Å². The minimum Gasteiger partial charge on any atom is -0.392 e. The van der Waals surface area contributed by atoms with E-state index in [0.717, 1.165) is 11.3 Å². The lowest BCUT2D eigenvalue weighted by Gasteiger charge is -2.12. The minimum absolute atomic E-state index is 0.259. The average Bonchev–Trinajstić information content (AvgIpc) is 2.77. The summed E-state index contributed by atoms with van der Waals surface area (Å²) in [5.41, 5.74) is 5.72. The third kappa shape index (κ3) is 14.0. The Balaban J connectivity index is 2.23.